The second-order valence-electron chi connectivity index (χ2n) is 10.4. The minimum absolute atomic E-state index is 0.00859. The van der Waals surface area contributed by atoms with Crippen molar-refractivity contribution < 1.29 is 29.4 Å². The van der Waals surface area contributed by atoms with E-state index in [4.69, 9.17) is 5.73 Å². The number of aliphatic carboxylic acids is 1. The van der Waals surface area contributed by atoms with Gasteiger partial charge in [-0.3, -0.25) is 14.4 Å². The number of H-pyrrole nitrogens is 1. The highest BCUT2D eigenvalue weighted by Crippen LogP contribution is 2.19. The SMILES string of the molecule is CC(C)CC(NC(=O)C(CS)NC(=O)C(N)Cc1ccc(O)cc1)C(=O)NC(Cc1c[nH]c2ccccc12)C(=O)O. The summed E-state index contributed by atoms with van der Waals surface area (Å²) in [5, 5.41) is 27.9. The first kappa shape index (κ1) is 31.5. The number of phenols is 1. The van der Waals surface area contributed by atoms with Gasteiger partial charge in [-0.25, -0.2) is 4.79 Å². The Hall–Kier alpha value is -4.03. The summed E-state index contributed by atoms with van der Waals surface area (Å²) in [6.07, 6.45) is 2.18. The Morgan fingerprint density at radius 3 is 2.12 bits per heavy atom. The van der Waals surface area contributed by atoms with E-state index >= 15 is 0 Å². The number of benzene rings is 2. The minimum Gasteiger partial charge on any atom is -0.508 e. The molecule has 3 rings (SSSR count). The highest BCUT2D eigenvalue weighted by atomic mass is 32.1. The fourth-order valence-electron chi connectivity index (χ4n) is 4.42. The average molecular weight is 584 g/mol. The number of aromatic amines is 1. The third-order valence-electron chi connectivity index (χ3n) is 6.60. The molecule has 4 unspecified atom stereocenters. The number of phenolic OH excluding ortho intramolecular Hbond substituents is 1. The lowest BCUT2D eigenvalue weighted by Crippen LogP contribution is -2.58. The molecule has 0 radical (unpaired) electrons. The second kappa shape index (κ2) is 14.6. The molecule has 12 heteroatoms. The molecule has 0 fully saturated rings. The molecule has 3 aromatic rings. The predicted octanol–water partition coefficient (Wildman–Crippen LogP) is 1.50. The number of hydrogen-bond donors (Lipinski definition) is 8. The van der Waals surface area contributed by atoms with Gasteiger partial charge in [0.05, 0.1) is 6.04 Å². The zero-order valence-electron chi connectivity index (χ0n) is 23.0. The van der Waals surface area contributed by atoms with Gasteiger partial charge in [-0.15, -0.1) is 0 Å². The number of nitrogens with two attached hydrogens (primary N) is 1. The fourth-order valence-corrected chi connectivity index (χ4v) is 4.68. The number of carbonyl (C=O) groups excluding carboxylic acids is 3. The molecule has 1 aromatic heterocycles. The molecule has 41 heavy (non-hydrogen) atoms. The molecule has 0 bridgehead atoms. The van der Waals surface area contributed by atoms with Gasteiger partial charge in [-0.2, -0.15) is 12.6 Å². The number of rotatable bonds is 14. The van der Waals surface area contributed by atoms with Crippen molar-refractivity contribution in [1.29, 1.82) is 0 Å². The van der Waals surface area contributed by atoms with E-state index in [1.165, 1.54) is 12.1 Å². The lowest BCUT2D eigenvalue weighted by molar-refractivity contribution is -0.142. The number of aromatic hydroxyl groups is 1. The van der Waals surface area contributed by atoms with E-state index in [0.717, 1.165) is 22.0 Å². The first-order valence-electron chi connectivity index (χ1n) is 13.3. The Balaban J connectivity index is 1.65. The number of para-hydroxylation sites is 1. The molecule has 0 aliphatic rings. The van der Waals surface area contributed by atoms with Gasteiger partial charge >= 0.3 is 5.97 Å². The predicted molar refractivity (Wildman–Crippen MR) is 159 cm³/mol. The molecule has 0 saturated heterocycles. The summed E-state index contributed by atoms with van der Waals surface area (Å²) < 4.78 is 0. The van der Waals surface area contributed by atoms with Crippen molar-refractivity contribution >= 4 is 47.2 Å². The zero-order valence-corrected chi connectivity index (χ0v) is 23.9. The van der Waals surface area contributed by atoms with E-state index in [9.17, 15) is 29.4 Å². The van der Waals surface area contributed by atoms with Crippen LogP contribution in [-0.4, -0.2) is 68.8 Å². The topological polar surface area (TPSA) is 187 Å². The first-order valence-corrected chi connectivity index (χ1v) is 13.9. The number of thiol groups is 1. The normalized spacial score (nSPS) is 14.2. The summed E-state index contributed by atoms with van der Waals surface area (Å²) in [5.41, 5.74) is 8.34. The van der Waals surface area contributed by atoms with Crippen LogP contribution in [0, 0.1) is 5.92 Å². The number of carboxylic acid groups (broad SMARTS) is 1. The Labute approximate surface area is 243 Å². The molecule has 0 spiro atoms. The highest BCUT2D eigenvalue weighted by molar-refractivity contribution is 7.80. The van der Waals surface area contributed by atoms with E-state index in [2.05, 4.69) is 33.6 Å². The summed E-state index contributed by atoms with van der Waals surface area (Å²) in [4.78, 5) is 54.2. The lowest BCUT2D eigenvalue weighted by Gasteiger charge is -2.25. The minimum atomic E-state index is -1.23. The van der Waals surface area contributed by atoms with Crippen LogP contribution in [0.25, 0.3) is 10.9 Å². The van der Waals surface area contributed by atoms with Gasteiger partial charge < -0.3 is 36.9 Å². The van der Waals surface area contributed by atoms with E-state index < -0.39 is 47.9 Å². The number of aromatic nitrogens is 1. The van der Waals surface area contributed by atoms with Crippen LogP contribution < -0.4 is 21.7 Å². The molecule has 8 N–H and O–H groups in total. The molecule has 4 atom stereocenters. The largest absolute Gasteiger partial charge is 0.508 e. The Bertz CT molecular complexity index is 1360. The Morgan fingerprint density at radius 2 is 1.49 bits per heavy atom. The average Bonchev–Trinajstić information content (AvgIpc) is 3.34. The maximum Gasteiger partial charge on any atom is 0.326 e. The summed E-state index contributed by atoms with van der Waals surface area (Å²) in [5.74, 6) is -3.06. The van der Waals surface area contributed by atoms with Crippen LogP contribution in [0.1, 0.15) is 31.4 Å². The summed E-state index contributed by atoms with van der Waals surface area (Å²) in [7, 11) is 0. The molecule has 0 aliphatic heterocycles. The molecule has 11 nitrogen and oxygen atoms in total. The van der Waals surface area contributed by atoms with E-state index in [-0.39, 0.29) is 36.7 Å². The van der Waals surface area contributed by atoms with Crippen LogP contribution in [0.3, 0.4) is 0 Å². The second-order valence-corrected chi connectivity index (χ2v) is 10.7. The monoisotopic (exact) mass is 583 g/mol. The van der Waals surface area contributed by atoms with Gasteiger partial charge in [0.25, 0.3) is 0 Å². The Kier molecular flexibility index (Phi) is 11.2. The van der Waals surface area contributed by atoms with E-state index in [0.29, 0.717) is 0 Å². The number of carbonyl (C=O) groups is 4. The van der Waals surface area contributed by atoms with Gasteiger partial charge in [0, 0.05) is 29.3 Å². The van der Waals surface area contributed by atoms with Crippen molar-refractivity contribution in [1.82, 2.24) is 20.9 Å². The molecule has 3 amide bonds. The molecule has 0 saturated carbocycles. The molecule has 0 aliphatic carbocycles. The van der Waals surface area contributed by atoms with Crippen LogP contribution in [-0.2, 0) is 32.0 Å². The van der Waals surface area contributed by atoms with E-state index in [1.807, 2.05) is 38.1 Å². The lowest BCUT2D eigenvalue weighted by atomic mass is 10.0. The van der Waals surface area contributed by atoms with Crippen molar-refractivity contribution in [2.45, 2.75) is 57.3 Å². The number of nitrogens with one attached hydrogen (secondary N) is 4. The molecular weight excluding hydrogens is 546 g/mol. The van der Waals surface area contributed by atoms with Gasteiger partial charge in [0.15, 0.2) is 0 Å². The summed E-state index contributed by atoms with van der Waals surface area (Å²) >= 11 is 4.19. The number of carboxylic acids is 1. The quantitative estimate of drug-likeness (QED) is 0.132. The van der Waals surface area contributed by atoms with E-state index in [1.54, 1.807) is 18.3 Å². The smallest absolute Gasteiger partial charge is 0.326 e. The van der Waals surface area contributed by atoms with Crippen LogP contribution >= 0.6 is 12.6 Å². The van der Waals surface area contributed by atoms with Crippen LogP contribution in [0.15, 0.2) is 54.7 Å². The van der Waals surface area contributed by atoms with Crippen molar-refractivity contribution in [3.63, 3.8) is 0 Å². The Morgan fingerprint density at radius 1 is 0.878 bits per heavy atom. The summed E-state index contributed by atoms with van der Waals surface area (Å²) in [6.45, 7) is 3.74. The van der Waals surface area contributed by atoms with Crippen LogP contribution in [0.2, 0.25) is 0 Å². The first-order chi connectivity index (χ1) is 19.5. The van der Waals surface area contributed by atoms with Crippen LogP contribution in [0.5, 0.6) is 5.75 Å². The van der Waals surface area contributed by atoms with Gasteiger partial charge in [0.2, 0.25) is 17.7 Å². The van der Waals surface area contributed by atoms with Crippen LogP contribution in [0.4, 0.5) is 0 Å². The standard InChI is InChI=1S/C29H37N5O6S/c1-16(2)11-23(27(37)33-24(29(39)40)13-18-14-31-22-6-4-3-5-20(18)22)32-28(38)25(15-41)34-26(36)21(30)12-17-7-9-19(35)10-8-17/h3-10,14,16,21,23-25,31,35,41H,11-13,15,30H2,1-2H3,(H,32,38)(H,33,37)(H,34,36)(H,39,40). The maximum absolute atomic E-state index is 13.2. The summed E-state index contributed by atoms with van der Waals surface area (Å²) in [6, 6.07) is 9.38. The number of amides is 3. The molecular formula is C29H37N5O6S. The number of hydrogen-bond acceptors (Lipinski definition) is 7. The number of fused-ring (bicyclic) bond motifs is 1. The highest BCUT2D eigenvalue weighted by Gasteiger charge is 2.30. The zero-order chi connectivity index (χ0) is 30.1. The van der Waals surface area contributed by atoms with Gasteiger partial charge in [-0.1, -0.05) is 44.2 Å². The maximum atomic E-state index is 13.2. The molecule has 1 heterocycles. The fraction of sp³-hybridized carbons (Fsp3) is 0.379. The third kappa shape index (κ3) is 8.98. The molecule has 2 aromatic carbocycles. The van der Waals surface area contributed by atoms with Gasteiger partial charge in [0.1, 0.15) is 23.9 Å². The van der Waals surface area contributed by atoms with Gasteiger partial charge in [-0.05, 0) is 48.1 Å². The van der Waals surface area contributed by atoms with Crippen molar-refractivity contribution in [3.8, 4) is 5.75 Å². The molecule has 220 valence electrons. The van der Waals surface area contributed by atoms with Crippen molar-refractivity contribution in [2.24, 2.45) is 11.7 Å². The van der Waals surface area contributed by atoms with Crippen molar-refractivity contribution in [2.75, 3.05) is 5.75 Å². The van der Waals surface area contributed by atoms with Crippen molar-refractivity contribution in [3.05, 3.63) is 65.9 Å². The third-order valence-corrected chi connectivity index (χ3v) is 6.96.